The Balaban J connectivity index is 2.00. The molecule has 0 bridgehead atoms. The zero-order chi connectivity index (χ0) is 19.5. The minimum Gasteiger partial charge on any atom is -0.406 e. The number of rotatable bonds is 6. The van der Waals surface area contributed by atoms with Gasteiger partial charge in [0, 0.05) is 12.1 Å². The maximum atomic E-state index is 9.59. The van der Waals surface area contributed by atoms with E-state index in [0.717, 1.165) is 12.8 Å². The second-order valence-electron chi connectivity index (χ2n) is 8.71. The first-order chi connectivity index (χ1) is 12.9. The summed E-state index contributed by atoms with van der Waals surface area (Å²) in [5, 5.41) is 12.2. The molecule has 2 aromatic rings. The van der Waals surface area contributed by atoms with Crippen molar-refractivity contribution in [2.24, 2.45) is 0 Å². The van der Waals surface area contributed by atoms with Crippen LogP contribution in [-0.2, 0) is 4.43 Å². The molecule has 1 aliphatic rings. The molecule has 0 amide bonds. The van der Waals surface area contributed by atoms with Crippen molar-refractivity contribution in [3.8, 4) is 0 Å². The summed E-state index contributed by atoms with van der Waals surface area (Å²) in [5.41, 5.74) is 0. The fourth-order valence-electron chi connectivity index (χ4n) is 4.49. The first kappa shape index (κ1) is 20.3. The molecule has 3 nitrogen and oxygen atoms in total. The van der Waals surface area contributed by atoms with Crippen LogP contribution in [0.2, 0.25) is 5.04 Å². The van der Waals surface area contributed by atoms with Crippen LogP contribution < -0.4 is 10.4 Å². The van der Waals surface area contributed by atoms with E-state index in [9.17, 15) is 5.11 Å². The van der Waals surface area contributed by atoms with E-state index < -0.39 is 8.32 Å². The fraction of sp³-hybridized carbons (Fsp3) is 0.478. The van der Waals surface area contributed by atoms with E-state index in [1.807, 2.05) is 0 Å². The predicted octanol–water partition coefficient (Wildman–Crippen LogP) is 3.02. The lowest BCUT2D eigenvalue weighted by atomic mass is 10.2. The smallest absolute Gasteiger partial charge is 0.261 e. The molecule has 2 atom stereocenters. The zero-order valence-corrected chi connectivity index (χ0v) is 18.1. The van der Waals surface area contributed by atoms with Gasteiger partial charge in [-0.1, -0.05) is 81.4 Å². The minimum absolute atomic E-state index is 0.00324. The Kier molecular flexibility index (Phi) is 6.21. The Morgan fingerprint density at radius 3 is 1.81 bits per heavy atom. The van der Waals surface area contributed by atoms with Crippen LogP contribution in [0.25, 0.3) is 0 Å². The number of nitrogens with zero attached hydrogens (tertiary/aromatic N) is 1. The molecule has 0 unspecified atom stereocenters. The molecule has 1 aliphatic heterocycles. The molecule has 146 valence electrons. The molecule has 0 aliphatic carbocycles. The lowest BCUT2D eigenvalue weighted by molar-refractivity contribution is 0.124. The van der Waals surface area contributed by atoms with Crippen molar-refractivity contribution in [2.75, 3.05) is 20.3 Å². The second kappa shape index (κ2) is 8.27. The van der Waals surface area contributed by atoms with Gasteiger partial charge in [-0.2, -0.15) is 0 Å². The molecule has 1 heterocycles. The highest BCUT2D eigenvalue weighted by atomic mass is 28.4. The molecule has 0 spiro atoms. The van der Waals surface area contributed by atoms with Crippen LogP contribution in [0.5, 0.6) is 0 Å². The highest BCUT2D eigenvalue weighted by Gasteiger charge is 2.50. The van der Waals surface area contributed by atoms with E-state index in [1.165, 1.54) is 10.4 Å². The summed E-state index contributed by atoms with van der Waals surface area (Å²) in [6.45, 7) is 7.88. The standard InChI is InChI=1S/C23H33NO2Si/c1-23(2,3)27(21-11-7-5-8-12-21,22-13-9-6-10-14-22)26-18-20-16-15-19(17-25)24(20)4/h5-14,19-20,25H,15-18H2,1-4H3/t19-,20+/m0/s1. The van der Waals surface area contributed by atoms with Gasteiger partial charge in [0.25, 0.3) is 8.32 Å². The average Bonchev–Trinajstić information content (AvgIpc) is 3.03. The van der Waals surface area contributed by atoms with Gasteiger partial charge in [0.15, 0.2) is 0 Å². The summed E-state index contributed by atoms with van der Waals surface area (Å²) >= 11 is 0. The maximum Gasteiger partial charge on any atom is 0.261 e. The van der Waals surface area contributed by atoms with Crippen molar-refractivity contribution in [1.29, 1.82) is 0 Å². The molecule has 27 heavy (non-hydrogen) atoms. The van der Waals surface area contributed by atoms with Gasteiger partial charge in [-0.15, -0.1) is 0 Å². The molecule has 2 aromatic carbocycles. The van der Waals surface area contributed by atoms with Gasteiger partial charge < -0.3 is 9.53 Å². The molecular weight excluding hydrogens is 350 g/mol. The van der Waals surface area contributed by atoms with Gasteiger partial charge in [-0.05, 0) is 35.3 Å². The van der Waals surface area contributed by atoms with Crippen molar-refractivity contribution in [1.82, 2.24) is 4.90 Å². The van der Waals surface area contributed by atoms with Gasteiger partial charge >= 0.3 is 0 Å². The first-order valence-electron chi connectivity index (χ1n) is 9.98. The first-order valence-corrected chi connectivity index (χ1v) is 11.9. The monoisotopic (exact) mass is 383 g/mol. The van der Waals surface area contributed by atoms with E-state index in [0.29, 0.717) is 12.6 Å². The summed E-state index contributed by atoms with van der Waals surface area (Å²) < 4.78 is 7.03. The average molecular weight is 384 g/mol. The fourth-order valence-corrected chi connectivity index (χ4v) is 9.09. The molecule has 1 fully saturated rings. The molecule has 0 radical (unpaired) electrons. The molecule has 0 saturated carbocycles. The lowest BCUT2D eigenvalue weighted by Crippen LogP contribution is -2.67. The third-order valence-corrected chi connectivity index (χ3v) is 11.1. The van der Waals surface area contributed by atoms with E-state index in [-0.39, 0.29) is 17.7 Å². The van der Waals surface area contributed by atoms with Crippen LogP contribution in [-0.4, -0.2) is 50.7 Å². The van der Waals surface area contributed by atoms with Crippen molar-refractivity contribution in [2.45, 2.75) is 50.7 Å². The van der Waals surface area contributed by atoms with Crippen LogP contribution in [0, 0.1) is 0 Å². The third kappa shape index (κ3) is 3.90. The summed E-state index contributed by atoms with van der Waals surface area (Å²) in [5.74, 6) is 0. The molecular formula is C23H33NO2Si. The van der Waals surface area contributed by atoms with Gasteiger partial charge in [0.2, 0.25) is 0 Å². The molecule has 0 aromatic heterocycles. The van der Waals surface area contributed by atoms with Gasteiger partial charge in [0.1, 0.15) is 0 Å². The number of benzene rings is 2. The number of likely N-dealkylation sites (N-methyl/N-ethyl adjacent to an activating group) is 1. The Morgan fingerprint density at radius 2 is 1.41 bits per heavy atom. The Bertz CT molecular complexity index is 675. The van der Waals surface area contributed by atoms with E-state index in [1.54, 1.807) is 0 Å². The SMILES string of the molecule is CN1[C@H](CO)CC[C@@H]1CO[Si](c1ccccc1)(c1ccccc1)C(C)(C)C. The predicted molar refractivity (Wildman–Crippen MR) is 115 cm³/mol. The highest BCUT2D eigenvalue weighted by molar-refractivity contribution is 6.99. The van der Waals surface area contributed by atoms with Gasteiger partial charge in [-0.3, -0.25) is 4.90 Å². The van der Waals surface area contributed by atoms with Crippen molar-refractivity contribution in [3.63, 3.8) is 0 Å². The Labute approximate surface area is 165 Å². The van der Waals surface area contributed by atoms with Crippen molar-refractivity contribution in [3.05, 3.63) is 60.7 Å². The Morgan fingerprint density at radius 1 is 0.926 bits per heavy atom. The van der Waals surface area contributed by atoms with E-state index >= 15 is 0 Å². The zero-order valence-electron chi connectivity index (χ0n) is 17.1. The number of hydrogen-bond donors (Lipinski definition) is 1. The van der Waals surface area contributed by atoms with Gasteiger partial charge in [-0.25, -0.2) is 0 Å². The maximum absolute atomic E-state index is 9.59. The van der Waals surface area contributed by atoms with Crippen LogP contribution in [0.15, 0.2) is 60.7 Å². The number of likely N-dealkylation sites (tertiary alicyclic amines) is 1. The summed E-state index contributed by atoms with van der Waals surface area (Å²) in [7, 11) is -0.349. The summed E-state index contributed by atoms with van der Waals surface area (Å²) in [6.07, 6.45) is 2.13. The van der Waals surface area contributed by atoms with Gasteiger partial charge in [0.05, 0.1) is 13.2 Å². The van der Waals surface area contributed by atoms with Crippen molar-refractivity contribution >= 4 is 18.7 Å². The third-order valence-electron chi connectivity index (χ3n) is 6.10. The molecule has 4 heteroatoms. The molecule has 3 rings (SSSR count). The summed E-state index contributed by atoms with van der Waals surface area (Å²) in [6, 6.07) is 22.2. The number of aliphatic hydroxyl groups is 1. The molecule has 1 N–H and O–H groups in total. The van der Waals surface area contributed by atoms with E-state index in [2.05, 4.69) is 93.4 Å². The van der Waals surface area contributed by atoms with Crippen LogP contribution in [0.4, 0.5) is 0 Å². The minimum atomic E-state index is -2.47. The molecule has 1 saturated heterocycles. The quantitative estimate of drug-likeness (QED) is 0.779. The largest absolute Gasteiger partial charge is 0.406 e. The highest BCUT2D eigenvalue weighted by Crippen LogP contribution is 2.37. The normalized spacial score (nSPS) is 21.5. The number of aliphatic hydroxyl groups excluding tert-OH is 1. The van der Waals surface area contributed by atoms with E-state index in [4.69, 9.17) is 4.43 Å². The topological polar surface area (TPSA) is 32.7 Å². The Hall–Kier alpha value is -1.46. The van der Waals surface area contributed by atoms with Crippen LogP contribution in [0.3, 0.4) is 0 Å². The lowest BCUT2D eigenvalue weighted by Gasteiger charge is -2.44. The van der Waals surface area contributed by atoms with Crippen LogP contribution in [0.1, 0.15) is 33.6 Å². The number of hydrogen-bond acceptors (Lipinski definition) is 3. The second-order valence-corrected chi connectivity index (χ2v) is 13.0. The van der Waals surface area contributed by atoms with Crippen molar-refractivity contribution < 1.29 is 9.53 Å². The summed E-state index contributed by atoms with van der Waals surface area (Å²) in [4.78, 5) is 2.30. The van der Waals surface area contributed by atoms with Crippen LogP contribution >= 0.6 is 0 Å².